The Morgan fingerprint density at radius 1 is 1.19 bits per heavy atom. The largest absolute Gasteiger partial charge is 0.494 e. The van der Waals surface area contributed by atoms with E-state index in [1.807, 2.05) is 25.1 Å². The maximum atomic E-state index is 13.6. The van der Waals surface area contributed by atoms with Crippen molar-refractivity contribution in [1.29, 1.82) is 0 Å². The predicted octanol–water partition coefficient (Wildman–Crippen LogP) is 4.61. The quantitative estimate of drug-likeness (QED) is 0.808. The molecular formula is C15H14ClFN2OS. The van der Waals surface area contributed by atoms with Crippen LogP contribution in [0.5, 0.6) is 5.75 Å². The Balaban J connectivity index is 2.06. The lowest BCUT2D eigenvalue weighted by molar-refractivity contribution is 0.387. The summed E-state index contributed by atoms with van der Waals surface area (Å²) in [6.07, 6.45) is 0. The van der Waals surface area contributed by atoms with Crippen molar-refractivity contribution in [1.82, 2.24) is 0 Å². The predicted molar refractivity (Wildman–Crippen MR) is 89.0 cm³/mol. The third-order valence-electron chi connectivity index (χ3n) is 2.78. The number of methoxy groups -OCH3 is 1. The minimum absolute atomic E-state index is 0.181. The van der Waals surface area contributed by atoms with Gasteiger partial charge in [-0.3, -0.25) is 0 Å². The molecule has 0 saturated heterocycles. The molecule has 0 radical (unpaired) electrons. The molecular weight excluding hydrogens is 311 g/mol. The van der Waals surface area contributed by atoms with Crippen LogP contribution in [-0.2, 0) is 0 Å². The second-order valence-electron chi connectivity index (χ2n) is 4.41. The molecule has 0 aliphatic carbocycles. The molecule has 21 heavy (non-hydrogen) atoms. The number of nitrogens with one attached hydrogen (secondary N) is 2. The monoisotopic (exact) mass is 324 g/mol. The van der Waals surface area contributed by atoms with E-state index in [1.54, 1.807) is 6.07 Å². The molecule has 110 valence electrons. The van der Waals surface area contributed by atoms with Gasteiger partial charge in [-0.15, -0.1) is 0 Å². The van der Waals surface area contributed by atoms with Crippen LogP contribution in [0.1, 0.15) is 5.56 Å². The van der Waals surface area contributed by atoms with Crippen molar-refractivity contribution in [2.45, 2.75) is 6.92 Å². The Morgan fingerprint density at radius 3 is 2.57 bits per heavy atom. The van der Waals surface area contributed by atoms with Crippen LogP contribution in [0.15, 0.2) is 36.4 Å². The summed E-state index contributed by atoms with van der Waals surface area (Å²) in [5.41, 5.74) is 2.27. The summed E-state index contributed by atoms with van der Waals surface area (Å²) < 4.78 is 18.4. The van der Waals surface area contributed by atoms with E-state index >= 15 is 0 Å². The van der Waals surface area contributed by atoms with Crippen LogP contribution in [0, 0.1) is 12.7 Å². The molecule has 2 N–H and O–H groups in total. The van der Waals surface area contributed by atoms with Crippen molar-refractivity contribution in [3.63, 3.8) is 0 Å². The summed E-state index contributed by atoms with van der Waals surface area (Å²) in [7, 11) is 1.41. The number of hydrogen-bond donors (Lipinski definition) is 2. The van der Waals surface area contributed by atoms with E-state index in [2.05, 4.69) is 10.6 Å². The molecule has 0 unspecified atom stereocenters. The number of aryl methyl sites for hydroxylation is 1. The number of hydrogen-bond acceptors (Lipinski definition) is 2. The van der Waals surface area contributed by atoms with Gasteiger partial charge in [0.15, 0.2) is 16.7 Å². The molecule has 2 rings (SSSR count). The number of rotatable bonds is 3. The van der Waals surface area contributed by atoms with Crippen molar-refractivity contribution in [3.8, 4) is 5.75 Å². The van der Waals surface area contributed by atoms with Crippen molar-refractivity contribution in [2.75, 3.05) is 17.7 Å². The Kier molecular flexibility index (Phi) is 4.98. The fourth-order valence-electron chi connectivity index (χ4n) is 1.75. The normalized spacial score (nSPS) is 10.1. The van der Waals surface area contributed by atoms with Gasteiger partial charge in [0.1, 0.15) is 0 Å². The van der Waals surface area contributed by atoms with E-state index in [4.69, 9.17) is 28.6 Å². The molecule has 3 nitrogen and oxygen atoms in total. The number of thiocarbonyl (C=S) groups is 1. The van der Waals surface area contributed by atoms with E-state index in [-0.39, 0.29) is 5.75 Å². The zero-order valence-electron chi connectivity index (χ0n) is 11.5. The third-order valence-corrected chi connectivity index (χ3v) is 3.30. The minimum atomic E-state index is -0.460. The van der Waals surface area contributed by atoms with Gasteiger partial charge in [-0.2, -0.15) is 0 Å². The van der Waals surface area contributed by atoms with Gasteiger partial charge < -0.3 is 15.4 Å². The first-order chi connectivity index (χ1) is 9.99. The van der Waals surface area contributed by atoms with Crippen LogP contribution in [0.2, 0.25) is 5.02 Å². The minimum Gasteiger partial charge on any atom is -0.494 e. The average molecular weight is 325 g/mol. The van der Waals surface area contributed by atoms with Gasteiger partial charge in [-0.1, -0.05) is 17.7 Å². The van der Waals surface area contributed by atoms with Gasteiger partial charge >= 0.3 is 0 Å². The van der Waals surface area contributed by atoms with Crippen LogP contribution in [0.4, 0.5) is 15.8 Å². The average Bonchev–Trinajstić information content (AvgIpc) is 2.42. The SMILES string of the molecule is COc1ccc(NC(=S)Nc2ccc(C)cc2Cl)cc1F. The van der Waals surface area contributed by atoms with Crippen LogP contribution < -0.4 is 15.4 Å². The highest BCUT2D eigenvalue weighted by Crippen LogP contribution is 2.24. The van der Waals surface area contributed by atoms with E-state index in [0.29, 0.717) is 21.5 Å². The van der Waals surface area contributed by atoms with Crippen LogP contribution >= 0.6 is 23.8 Å². The lowest BCUT2D eigenvalue weighted by Crippen LogP contribution is -2.19. The second kappa shape index (κ2) is 6.74. The van der Waals surface area contributed by atoms with Gasteiger partial charge in [0.05, 0.1) is 17.8 Å². The van der Waals surface area contributed by atoms with Crippen molar-refractivity contribution < 1.29 is 9.13 Å². The van der Waals surface area contributed by atoms with E-state index in [1.165, 1.54) is 19.2 Å². The molecule has 6 heteroatoms. The molecule has 0 atom stereocenters. The lowest BCUT2D eigenvalue weighted by atomic mass is 10.2. The van der Waals surface area contributed by atoms with Crippen LogP contribution in [0.25, 0.3) is 0 Å². The maximum absolute atomic E-state index is 13.6. The smallest absolute Gasteiger partial charge is 0.175 e. The van der Waals surface area contributed by atoms with E-state index in [0.717, 1.165) is 5.56 Å². The Bertz CT molecular complexity index is 679. The van der Waals surface area contributed by atoms with Crippen molar-refractivity contribution in [2.24, 2.45) is 0 Å². The highest BCUT2D eigenvalue weighted by atomic mass is 35.5. The summed E-state index contributed by atoms with van der Waals surface area (Å²) in [5.74, 6) is -0.278. The highest BCUT2D eigenvalue weighted by molar-refractivity contribution is 7.80. The zero-order chi connectivity index (χ0) is 15.4. The molecule has 0 fully saturated rings. The van der Waals surface area contributed by atoms with Gasteiger partial charge in [0, 0.05) is 11.8 Å². The molecule has 0 aliphatic heterocycles. The summed E-state index contributed by atoms with van der Waals surface area (Å²) in [6, 6.07) is 10.1. The van der Waals surface area contributed by atoms with Crippen LogP contribution in [0.3, 0.4) is 0 Å². The molecule has 2 aromatic carbocycles. The summed E-state index contributed by atoms with van der Waals surface area (Å²) in [6.45, 7) is 1.95. The summed E-state index contributed by atoms with van der Waals surface area (Å²) >= 11 is 11.3. The van der Waals surface area contributed by atoms with Gasteiger partial charge in [0.25, 0.3) is 0 Å². The first kappa shape index (κ1) is 15.5. The molecule has 0 amide bonds. The van der Waals surface area contributed by atoms with Gasteiger partial charge in [0.2, 0.25) is 0 Å². The second-order valence-corrected chi connectivity index (χ2v) is 5.23. The van der Waals surface area contributed by atoms with Gasteiger partial charge in [-0.25, -0.2) is 4.39 Å². The van der Waals surface area contributed by atoms with Crippen LogP contribution in [-0.4, -0.2) is 12.2 Å². The Morgan fingerprint density at radius 2 is 1.95 bits per heavy atom. The summed E-state index contributed by atoms with van der Waals surface area (Å²) in [4.78, 5) is 0. The molecule has 0 saturated carbocycles. The summed E-state index contributed by atoms with van der Waals surface area (Å²) in [5, 5.41) is 6.75. The molecule has 0 aliphatic rings. The number of ether oxygens (including phenoxy) is 1. The fourth-order valence-corrected chi connectivity index (χ4v) is 2.26. The first-order valence-electron chi connectivity index (χ1n) is 6.17. The molecule has 2 aromatic rings. The van der Waals surface area contributed by atoms with E-state index < -0.39 is 5.82 Å². The third kappa shape index (κ3) is 4.06. The first-order valence-corrected chi connectivity index (χ1v) is 6.96. The van der Waals surface area contributed by atoms with Gasteiger partial charge in [-0.05, 0) is 49.0 Å². The molecule has 0 heterocycles. The lowest BCUT2D eigenvalue weighted by Gasteiger charge is -2.12. The Labute approximate surface area is 133 Å². The molecule has 0 spiro atoms. The Hall–Kier alpha value is -1.85. The van der Waals surface area contributed by atoms with E-state index in [9.17, 15) is 4.39 Å². The fraction of sp³-hybridized carbons (Fsp3) is 0.133. The topological polar surface area (TPSA) is 33.3 Å². The number of benzene rings is 2. The highest BCUT2D eigenvalue weighted by Gasteiger charge is 2.06. The maximum Gasteiger partial charge on any atom is 0.175 e. The van der Waals surface area contributed by atoms with Crippen molar-refractivity contribution in [3.05, 3.63) is 52.8 Å². The van der Waals surface area contributed by atoms with Crippen molar-refractivity contribution >= 4 is 40.3 Å². The molecule has 0 aromatic heterocycles. The standard InChI is InChI=1S/C15H14ClFN2OS/c1-9-3-5-13(11(16)7-9)19-15(21)18-10-4-6-14(20-2)12(17)8-10/h3-8H,1-2H3,(H2,18,19,21). The number of halogens is 2. The zero-order valence-corrected chi connectivity index (χ0v) is 13.1. The molecule has 0 bridgehead atoms. The number of anilines is 2.